The van der Waals surface area contributed by atoms with E-state index in [9.17, 15) is 0 Å². The summed E-state index contributed by atoms with van der Waals surface area (Å²) in [5.41, 5.74) is 0.808. The molecule has 4 heterocycles. The first kappa shape index (κ1) is 17.7. The number of hydrogen-bond acceptors (Lipinski definition) is 8. The third kappa shape index (κ3) is 4.17. The first-order valence-electron chi connectivity index (χ1n) is 9.01. The van der Waals surface area contributed by atoms with E-state index in [0.717, 1.165) is 37.3 Å². The Morgan fingerprint density at radius 2 is 2.26 bits per heavy atom. The van der Waals surface area contributed by atoms with Crippen molar-refractivity contribution in [3.05, 3.63) is 48.4 Å². The Hall–Kier alpha value is -2.71. The summed E-state index contributed by atoms with van der Waals surface area (Å²) in [5.74, 6) is 2.62. The number of aromatic nitrogens is 3. The summed E-state index contributed by atoms with van der Waals surface area (Å²) in [6.45, 7) is 2.66. The number of methoxy groups -OCH3 is 1. The fourth-order valence-corrected chi connectivity index (χ4v) is 3.24. The number of pyridine rings is 1. The topological polar surface area (TPSA) is 86.7 Å². The van der Waals surface area contributed by atoms with Crippen LogP contribution >= 0.6 is 0 Å². The van der Waals surface area contributed by atoms with Crippen LogP contribution in [0.4, 0.5) is 0 Å². The second-order valence-electron chi connectivity index (χ2n) is 6.39. The van der Waals surface area contributed by atoms with Crippen molar-refractivity contribution in [3.63, 3.8) is 0 Å². The van der Waals surface area contributed by atoms with Gasteiger partial charge in [-0.1, -0.05) is 5.16 Å². The molecule has 8 nitrogen and oxygen atoms in total. The molecule has 0 spiro atoms. The van der Waals surface area contributed by atoms with Gasteiger partial charge >= 0.3 is 0 Å². The van der Waals surface area contributed by atoms with Crippen molar-refractivity contribution in [2.75, 3.05) is 26.9 Å². The number of nitrogens with zero attached hydrogens (tertiary/aromatic N) is 4. The van der Waals surface area contributed by atoms with Crippen LogP contribution in [-0.4, -0.2) is 46.9 Å². The van der Waals surface area contributed by atoms with Crippen molar-refractivity contribution in [1.29, 1.82) is 0 Å². The van der Waals surface area contributed by atoms with Crippen LogP contribution in [0.1, 0.15) is 30.5 Å². The molecule has 27 heavy (non-hydrogen) atoms. The number of ether oxygens (including phenoxy) is 2. The van der Waals surface area contributed by atoms with E-state index in [1.165, 1.54) is 0 Å². The highest BCUT2D eigenvalue weighted by Crippen LogP contribution is 2.33. The number of hydrogen-bond donors (Lipinski definition) is 0. The Bertz CT molecular complexity index is 849. The summed E-state index contributed by atoms with van der Waals surface area (Å²) in [7, 11) is 1.63. The van der Waals surface area contributed by atoms with E-state index in [2.05, 4.69) is 20.0 Å². The van der Waals surface area contributed by atoms with Gasteiger partial charge in [0.1, 0.15) is 12.4 Å². The zero-order valence-electron chi connectivity index (χ0n) is 15.2. The quantitative estimate of drug-likeness (QED) is 0.559. The van der Waals surface area contributed by atoms with Crippen LogP contribution in [0.2, 0.25) is 0 Å². The van der Waals surface area contributed by atoms with Gasteiger partial charge in [-0.15, -0.1) is 0 Å². The lowest BCUT2D eigenvalue weighted by atomic mass is 10.2. The van der Waals surface area contributed by atoms with Crippen molar-refractivity contribution in [2.24, 2.45) is 0 Å². The predicted molar refractivity (Wildman–Crippen MR) is 96.0 cm³/mol. The molecule has 1 atom stereocenters. The molecule has 0 aromatic carbocycles. The first-order valence-corrected chi connectivity index (χ1v) is 9.01. The van der Waals surface area contributed by atoms with Crippen LogP contribution < -0.4 is 4.74 Å². The summed E-state index contributed by atoms with van der Waals surface area (Å²) in [5, 5.41) is 4.16. The largest absolute Gasteiger partial charge is 0.475 e. The van der Waals surface area contributed by atoms with Crippen molar-refractivity contribution in [3.8, 4) is 17.3 Å². The minimum atomic E-state index is 0.107. The molecule has 8 heteroatoms. The molecule has 0 bridgehead atoms. The van der Waals surface area contributed by atoms with Gasteiger partial charge in [0.05, 0.1) is 25.5 Å². The lowest BCUT2D eigenvalue weighted by Gasteiger charge is -2.19. The average molecular weight is 370 g/mol. The maximum atomic E-state index is 5.58. The van der Waals surface area contributed by atoms with Crippen LogP contribution in [-0.2, 0) is 11.3 Å². The maximum absolute atomic E-state index is 5.58. The standard InChI is InChI=1S/C19H22N4O4/c1-24-10-11-26-17-12-14(6-7-20-17)18-21-19(27-22-18)16-5-2-8-23(16)13-15-4-3-9-25-15/h3-4,6-7,9,12,16H,2,5,8,10-11,13H2,1H3. The van der Waals surface area contributed by atoms with Gasteiger partial charge < -0.3 is 18.4 Å². The molecule has 4 rings (SSSR count). The second-order valence-corrected chi connectivity index (χ2v) is 6.39. The number of furan rings is 1. The third-order valence-corrected chi connectivity index (χ3v) is 4.56. The zero-order valence-corrected chi connectivity index (χ0v) is 15.2. The molecule has 1 aliphatic rings. The Balaban J connectivity index is 1.47. The van der Waals surface area contributed by atoms with Crippen molar-refractivity contribution >= 4 is 0 Å². The fraction of sp³-hybridized carbons (Fsp3) is 0.421. The lowest BCUT2D eigenvalue weighted by Crippen LogP contribution is -2.22. The second kappa shape index (κ2) is 8.32. The monoisotopic (exact) mass is 370 g/mol. The van der Waals surface area contributed by atoms with Gasteiger partial charge in [-0.05, 0) is 37.6 Å². The summed E-state index contributed by atoms with van der Waals surface area (Å²) in [6.07, 6.45) is 5.45. The predicted octanol–water partition coefficient (Wildman–Crippen LogP) is 3.09. The molecule has 0 amide bonds. The molecular weight excluding hydrogens is 348 g/mol. The molecule has 0 N–H and O–H groups in total. The normalized spacial score (nSPS) is 17.4. The molecule has 3 aromatic rings. The summed E-state index contributed by atoms with van der Waals surface area (Å²) < 4.78 is 21.6. The molecule has 1 saturated heterocycles. The number of rotatable bonds is 8. The van der Waals surface area contributed by atoms with E-state index >= 15 is 0 Å². The van der Waals surface area contributed by atoms with Gasteiger partial charge in [-0.2, -0.15) is 4.98 Å². The molecule has 142 valence electrons. The van der Waals surface area contributed by atoms with E-state index in [1.54, 1.807) is 25.6 Å². The van der Waals surface area contributed by atoms with Gasteiger partial charge in [0.25, 0.3) is 0 Å². The minimum Gasteiger partial charge on any atom is -0.475 e. The molecule has 1 aliphatic heterocycles. The maximum Gasteiger partial charge on any atom is 0.244 e. The molecule has 1 unspecified atom stereocenters. The highest BCUT2D eigenvalue weighted by Gasteiger charge is 2.31. The highest BCUT2D eigenvalue weighted by atomic mass is 16.5. The summed E-state index contributed by atoms with van der Waals surface area (Å²) >= 11 is 0. The van der Waals surface area contributed by atoms with Crippen LogP contribution in [0.3, 0.4) is 0 Å². The van der Waals surface area contributed by atoms with Crippen LogP contribution in [0.5, 0.6) is 5.88 Å². The molecule has 3 aromatic heterocycles. The Morgan fingerprint density at radius 3 is 3.11 bits per heavy atom. The SMILES string of the molecule is COCCOc1cc(-c2noc(C3CCCN3Cc3ccco3)n2)ccn1. The Morgan fingerprint density at radius 1 is 1.30 bits per heavy atom. The molecule has 0 aliphatic carbocycles. The van der Waals surface area contributed by atoms with Crippen molar-refractivity contribution < 1.29 is 18.4 Å². The average Bonchev–Trinajstić information content (AvgIpc) is 3.44. The van der Waals surface area contributed by atoms with E-state index < -0.39 is 0 Å². The van der Waals surface area contributed by atoms with Gasteiger partial charge in [0.15, 0.2) is 0 Å². The molecule has 0 radical (unpaired) electrons. The number of likely N-dealkylation sites (tertiary alicyclic amines) is 1. The minimum absolute atomic E-state index is 0.107. The lowest BCUT2D eigenvalue weighted by molar-refractivity contribution is 0.144. The Labute approximate surface area is 157 Å². The van der Waals surface area contributed by atoms with E-state index in [-0.39, 0.29) is 6.04 Å². The van der Waals surface area contributed by atoms with E-state index in [0.29, 0.717) is 30.8 Å². The van der Waals surface area contributed by atoms with Crippen LogP contribution in [0.15, 0.2) is 45.7 Å². The van der Waals surface area contributed by atoms with Gasteiger partial charge in [-0.3, -0.25) is 4.90 Å². The first-order chi connectivity index (χ1) is 13.3. The van der Waals surface area contributed by atoms with E-state index in [1.807, 2.05) is 18.2 Å². The van der Waals surface area contributed by atoms with E-state index in [4.69, 9.17) is 18.4 Å². The van der Waals surface area contributed by atoms with Crippen molar-refractivity contribution in [2.45, 2.75) is 25.4 Å². The fourth-order valence-electron chi connectivity index (χ4n) is 3.24. The van der Waals surface area contributed by atoms with Gasteiger partial charge in [-0.25, -0.2) is 4.98 Å². The molecule has 0 saturated carbocycles. The Kier molecular flexibility index (Phi) is 5.45. The zero-order chi connectivity index (χ0) is 18.5. The molecule has 1 fully saturated rings. The smallest absolute Gasteiger partial charge is 0.244 e. The van der Waals surface area contributed by atoms with Crippen LogP contribution in [0.25, 0.3) is 11.4 Å². The molecular formula is C19H22N4O4. The third-order valence-electron chi connectivity index (χ3n) is 4.56. The highest BCUT2D eigenvalue weighted by molar-refractivity contribution is 5.55. The van der Waals surface area contributed by atoms with Gasteiger partial charge in [0.2, 0.25) is 17.6 Å². The van der Waals surface area contributed by atoms with Crippen molar-refractivity contribution in [1.82, 2.24) is 20.0 Å². The van der Waals surface area contributed by atoms with Gasteiger partial charge in [0, 0.05) is 24.9 Å². The van der Waals surface area contributed by atoms with Crippen LogP contribution in [0, 0.1) is 0 Å². The summed E-state index contributed by atoms with van der Waals surface area (Å²) in [4.78, 5) is 11.1. The summed E-state index contributed by atoms with van der Waals surface area (Å²) in [6, 6.07) is 7.64.